The van der Waals surface area contributed by atoms with Gasteiger partial charge in [-0.25, -0.2) is 0 Å². The normalized spacial score (nSPS) is 10.4. The van der Waals surface area contributed by atoms with Gasteiger partial charge in [0.2, 0.25) is 0 Å². The first kappa shape index (κ1) is 15.5. The molecule has 5 nitrogen and oxygen atoms in total. The maximum absolute atomic E-state index is 5.97. The van der Waals surface area contributed by atoms with E-state index in [2.05, 4.69) is 15.3 Å². The first-order valence-corrected chi connectivity index (χ1v) is 7.18. The van der Waals surface area contributed by atoms with Crippen LogP contribution in [0.5, 0.6) is 6.01 Å². The molecule has 0 radical (unpaired) electrons. The summed E-state index contributed by atoms with van der Waals surface area (Å²) >= 11 is 5.97. The fraction of sp³-hybridized carbons (Fsp3) is 0.333. The molecule has 0 saturated carbocycles. The van der Waals surface area contributed by atoms with E-state index in [0.717, 1.165) is 5.56 Å². The molecule has 1 aromatic heterocycles. The van der Waals surface area contributed by atoms with Crippen molar-refractivity contribution >= 4 is 17.4 Å². The number of hydrogen-bond acceptors (Lipinski definition) is 5. The van der Waals surface area contributed by atoms with Crippen LogP contribution in [0.1, 0.15) is 12.5 Å². The Morgan fingerprint density at radius 2 is 1.95 bits per heavy atom. The van der Waals surface area contributed by atoms with Gasteiger partial charge in [0.15, 0.2) is 0 Å². The summed E-state index contributed by atoms with van der Waals surface area (Å²) in [6, 6.07) is 12.0. The molecule has 0 aliphatic heterocycles. The van der Waals surface area contributed by atoms with Gasteiger partial charge in [-0.15, -0.1) is 0 Å². The lowest BCUT2D eigenvalue weighted by atomic mass is 10.2. The molecule has 6 heteroatoms. The molecule has 2 aromatic rings. The SMILES string of the molecule is CCOCCOc1nc(Cl)cc(NCc2ccccc2)n1. The Balaban J connectivity index is 1.91. The van der Waals surface area contributed by atoms with E-state index in [1.807, 2.05) is 37.3 Å². The summed E-state index contributed by atoms with van der Waals surface area (Å²) in [5.74, 6) is 0.630. The summed E-state index contributed by atoms with van der Waals surface area (Å²) in [6.45, 7) is 4.14. The number of anilines is 1. The summed E-state index contributed by atoms with van der Waals surface area (Å²) in [5, 5.41) is 3.54. The molecular formula is C15H18ClN3O2. The molecule has 0 aliphatic rings. The third kappa shape index (κ3) is 5.57. The molecule has 2 rings (SSSR count). The number of nitrogens with zero attached hydrogens (tertiary/aromatic N) is 2. The minimum absolute atomic E-state index is 0.248. The second-order valence-corrected chi connectivity index (χ2v) is 4.63. The van der Waals surface area contributed by atoms with Gasteiger partial charge < -0.3 is 14.8 Å². The third-order valence-corrected chi connectivity index (χ3v) is 2.85. The van der Waals surface area contributed by atoms with Crippen LogP contribution in [0, 0.1) is 0 Å². The fourth-order valence-electron chi connectivity index (χ4n) is 1.68. The molecular weight excluding hydrogens is 290 g/mol. The van der Waals surface area contributed by atoms with Crippen molar-refractivity contribution in [3.05, 3.63) is 47.1 Å². The van der Waals surface area contributed by atoms with E-state index in [1.165, 1.54) is 0 Å². The van der Waals surface area contributed by atoms with Crippen molar-refractivity contribution in [1.29, 1.82) is 0 Å². The van der Waals surface area contributed by atoms with Gasteiger partial charge in [0.05, 0.1) is 6.61 Å². The molecule has 0 aliphatic carbocycles. The molecule has 0 amide bonds. The van der Waals surface area contributed by atoms with Crippen LogP contribution in [-0.2, 0) is 11.3 Å². The summed E-state index contributed by atoms with van der Waals surface area (Å²) in [7, 11) is 0. The number of benzene rings is 1. The van der Waals surface area contributed by atoms with Crippen LogP contribution in [0.25, 0.3) is 0 Å². The molecule has 0 bridgehead atoms. The number of aromatic nitrogens is 2. The Bertz CT molecular complexity index is 552. The Kier molecular flexibility index (Phi) is 6.24. The zero-order valence-corrected chi connectivity index (χ0v) is 12.6. The van der Waals surface area contributed by atoms with Gasteiger partial charge in [0.1, 0.15) is 17.6 Å². The smallest absolute Gasteiger partial charge is 0.319 e. The van der Waals surface area contributed by atoms with Gasteiger partial charge in [-0.05, 0) is 12.5 Å². The highest BCUT2D eigenvalue weighted by Crippen LogP contribution is 2.16. The van der Waals surface area contributed by atoms with Gasteiger partial charge in [-0.1, -0.05) is 41.9 Å². The third-order valence-electron chi connectivity index (χ3n) is 2.65. The molecule has 21 heavy (non-hydrogen) atoms. The Hall–Kier alpha value is -1.85. The number of nitrogens with one attached hydrogen (secondary N) is 1. The first-order chi connectivity index (χ1) is 10.3. The Morgan fingerprint density at radius 1 is 1.14 bits per heavy atom. The molecule has 1 heterocycles. The average Bonchev–Trinajstić information content (AvgIpc) is 2.50. The number of ether oxygens (including phenoxy) is 2. The lowest BCUT2D eigenvalue weighted by Gasteiger charge is -2.09. The maximum Gasteiger partial charge on any atom is 0.319 e. The molecule has 0 spiro atoms. The highest BCUT2D eigenvalue weighted by molar-refractivity contribution is 6.29. The summed E-state index contributed by atoms with van der Waals surface area (Å²) in [5.41, 5.74) is 1.16. The zero-order chi connectivity index (χ0) is 14.9. The van der Waals surface area contributed by atoms with Gasteiger partial charge in [0.25, 0.3) is 0 Å². The maximum atomic E-state index is 5.97. The van der Waals surface area contributed by atoms with Crippen LogP contribution in [0.2, 0.25) is 5.15 Å². The molecule has 1 N–H and O–H groups in total. The second-order valence-electron chi connectivity index (χ2n) is 4.24. The monoisotopic (exact) mass is 307 g/mol. The highest BCUT2D eigenvalue weighted by Gasteiger charge is 2.04. The molecule has 1 aromatic carbocycles. The predicted molar refractivity (Wildman–Crippen MR) is 82.8 cm³/mol. The van der Waals surface area contributed by atoms with Crippen molar-refractivity contribution in [2.75, 3.05) is 25.1 Å². The lowest BCUT2D eigenvalue weighted by molar-refractivity contribution is 0.106. The summed E-state index contributed by atoms with van der Waals surface area (Å²) in [4.78, 5) is 8.28. The topological polar surface area (TPSA) is 56.3 Å². The number of rotatable bonds is 8. The van der Waals surface area contributed by atoms with Gasteiger partial charge >= 0.3 is 6.01 Å². The van der Waals surface area contributed by atoms with Crippen molar-refractivity contribution in [2.45, 2.75) is 13.5 Å². The van der Waals surface area contributed by atoms with E-state index in [1.54, 1.807) is 6.07 Å². The molecule has 0 saturated heterocycles. The largest absolute Gasteiger partial charge is 0.461 e. The van der Waals surface area contributed by atoms with E-state index < -0.39 is 0 Å². The van der Waals surface area contributed by atoms with Crippen molar-refractivity contribution in [1.82, 2.24) is 9.97 Å². The van der Waals surface area contributed by atoms with Crippen molar-refractivity contribution in [3.63, 3.8) is 0 Å². The van der Waals surface area contributed by atoms with E-state index in [9.17, 15) is 0 Å². The van der Waals surface area contributed by atoms with E-state index in [4.69, 9.17) is 21.1 Å². The molecule has 0 fully saturated rings. The zero-order valence-electron chi connectivity index (χ0n) is 11.9. The van der Waals surface area contributed by atoms with Gasteiger partial charge in [0, 0.05) is 19.2 Å². The lowest BCUT2D eigenvalue weighted by Crippen LogP contribution is -2.09. The minimum atomic E-state index is 0.248. The second kappa shape index (κ2) is 8.44. The first-order valence-electron chi connectivity index (χ1n) is 6.81. The van der Waals surface area contributed by atoms with Crippen LogP contribution < -0.4 is 10.1 Å². The molecule has 0 unspecified atom stereocenters. The number of hydrogen-bond donors (Lipinski definition) is 1. The standard InChI is InChI=1S/C15H18ClN3O2/c1-2-20-8-9-21-15-18-13(16)10-14(19-15)17-11-12-6-4-3-5-7-12/h3-7,10H,2,8-9,11H2,1H3,(H,17,18,19). The molecule has 112 valence electrons. The Labute approximate surface area is 129 Å². The van der Waals surface area contributed by atoms with E-state index >= 15 is 0 Å². The highest BCUT2D eigenvalue weighted by atomic mass is 35.5. The van der Waals surface area contributed by atoms with Gasteiger partial charge in [-0.2, -0.15) is 9.97 Å². The van der Waals surface area contributed by atoms with E-state index in [-0.39, 0.29) is 6.01 Å². The minimum Gasteiger partial charge on any atom is -0.461 e. The predicted octanol–water partition coefficient (Wildman–Crippen LogP) is 3.16. The fourth-order valence-corrected chi connectivity index (χ4v) is 1.85. The van der Waals surface area contributed by atoms with Crippen LogP contribution in [0.15, 0.2) is 36.4 Å². The van der Waals surface area contributed by atoms with Gasteiger partial charge in [-0.3, -0.25) is 0 Å². The van der Waals surface area contributed by atoms with Crippen LogP contribution in [-0.4, -0.2) is 29.8 Å². The van der Waals surface area contributed by atoms with Crippen molar-refractivity contribution < 1.29 is 9.47 Å². The van der Waals surface area contributed by atoms with Crippen molar-refractivity contribution in [2.24, 2.45) is 0 Å². The van der Waals surface area contributed by atoms with E-state index in [0.29, 0.717) is 37.3 Å². The van der Waals surface area contributed by atoms with Crippen LogP contribution in [0.3, 0.4) is 0 Å². The van der Waals surface area contributed by atoms with Crippen LogP contribution >= 0.6 is 11.6 Å². The molecule has 0 atom stereocenters. The van der Waals surface area contributed by atoms with Crippen LogP contribution in [0.4, 0.5) is 5.82 Å². The quantitative estimate of drug-likeness (QED) is 0.600. The number of halogens is 1. The Morgan fingerprint density at radius 3 is 2.71 bits per heavy atom. The summed E-state index contributed by atoms with van der Waals surface area (Å²) < 4.78 is 10.6. The summed E-state index contributed by atoms with van der Waals surface area (Å²) in [6.07, 6.45) is 0. The average molecular weight is 308 g/mol. The van der Waals surface area contributed by atoms with Crippen molar-refractivity contribution in [3.8, 4) is 6.01 Å².